The van der Waals surface area contributed by atoms with E-state index in [0.29, 0.717) is 25.7 Å². The molecule has 0 spiro atoms. The summed E-state index contributed by atoms with van der Waals surface area (Å²) in [4.78, 5) is 37.5. The van der Waals surface area contributed by atoms with Crippen LogP contribution in [0.4, 0.5) is 4.79 Å². The van der Waals surface area contributed by atoms with E-state index in [-0.39, 0.29) is 18.4 Å². The molecule has 2 aromatic carbocycles. The van der Waals surface area contributed by atoms with Gasteiger partial charge in [0.25, 0.3) is 0 Å². The first kappa shape index (κ1) is 24.8. The van der Waals surface area contributed by atoms with E-state index in [2.05, 4.69) is 34.9 Å². The van der Waals surface area contributed by atoms with E-state index in [1.807, 2.05) is 31.2 Å². The molecule has 4 rings (SSSR count). The standard InChI is InChI=1S/C28H34N2O5/c1-2-10-25(26(31)29-24-16-5-3-4-15-22(24)27(32)33)30-28(34)35-17-23-20-13-8-6-11-18(20)19-12-7-9-14-21(19)23/h6-9,11-14,22-25H,2-5,10,15-17H2,1H3,(H,29,31)(H,30,34)(H,32,33). The van der Waals surface area contributed by atoms with Crippen molar-refractivity contribution in [1.82, 2.24) is 10.6 Å². The van der Waals surface area contributed by atoms with Crippen LogP contribution < -0.4 is 10.6 Å². The van der Waals surface area contributed by atoms with Crippen LogP contribution in [0.3, 0.4) is 0 Å². The third-order valence-corrected chi connectivity index (χ3v) is 7.19. The molecule has 0 aromatic heterocycles. The van der Waals surface area contributed by atoms with Crippen LogP contribution in [0, 0.1) is 5.92 Å². The summed E-state index contributed by atoms with van der Waals surface area (Å²) in [6, 6.07) is 15.0. The fourth-order valence-electron chi connectivity index (χ4n) is 5.40. The Labute approximate surface area is 206 Å². The minimum Gasteiger partial charge on any atom is -0.481 e. The first-order valence-corrected chi connectivity index (χ1v) is 12.6. The van der Waals surface area contributed by atoms with Crippen LogP contribution in [0.25, 0.3) is 11.1 Å². The van der Waals surface area contributed by atoms with Crippen molar-refractivity contribution in [3.8, 4) is 11.1 Å². The molecule has 35 heavy (non-hydrogen) atoms. The molecular weight excluding hydrogens is 444 g/mol. The van der Waals surface area contributed by atoms with Crippen molar-refractivity contribution in [3.05, 3.63) is 59.7 Å². The SMILES string of the molecule is CCCC(NC(=O)OCC1c2ccccc2-c2ccccc21)C(=O)NC1CCCCCC1C(=O)O. The van der Waals surface area contributed by atoms with Crippen LogP contribution in [-0.2, 0) is 14.3 Å². The van der Waals surface area contributed by atoms with Crippen LogP contribution in [0.5, 0.6) is 0 Å². The number of carbonyl (C=O) groups is 3. The molecule has 2 aliphatic rings. The number of ether oxygens (including phenoxy) is 1. The first-order chi connectivity index (χ1) is 17.0. The highest BCUT2D eigenvalue weighted by Crippen LogP contribution is 2.44. The quantitative estimate of drug-likeness (QED) is 0.471. The number of aliphatic carboxylic acids is 1. The number of carboxylic acid groups (broad SMARTS) is 1. The van der Waals surface area contributed by atoms with Crippen molar-refractivity contribution in [3.63, 3.8) is 0 Å². The molecule has 3 N–H and O–H groups in total. The average Bonchev–Trinajstić information content (AvgIpc) is 2.98. The average molecular weight is 479 g/mol. The lowest BCUT2D eigenvalue weighted by Crippen LogP contribution is -2.52. The van der Waals surface area contributed by atoms with Crippen LogP contribution in [0.15, 0.2) is 48.5 Å². The number of alkyl carbamates (subject to hydrolysis) is 1. The Hall–Kier alpha value is -3.35. The zero-order valence-electron chi connectivity index (χ0n) is 20.2. The van der Waals surface area contributed by atoms with Crippen molar-refractivity contribution < 1.29 is 24.2 Å². The summed E-state index contributed by atoms with van der Waals surface area (Å²) < 4.78 is 5.61. The van der Waals surface area contributed by atoms with Gasteiger partial charge in [-0.2, -0.15) is 0 Å². The Balaban J connectivity index is 1.38. The number of hydrogen-bond donors (Lipinski definition) is 3. The molecule has 0 aliphatic heterocycles. The van der Waals surface area contributed by atoms with Crippen molar-refractivity contribution in [1.29, 1.82) is 0 Å². The summed E-state index contributed by atoms with van der Waals surface area (Å²) in [6.07, 6.45) is 4.37. The predicted molar refractivity (Wildman–Crippen MR) is 133 cm³/mol. The summed E-state index contributed by atoms with van der Waals surface area (Å²) >= 11 is 0. The monoisotopic (exact) mass is 478 g/mol. The largest absolute Gasteiger partial charge is 0.481 e. The molecular formula is C28H34N2O5. The minimum absolute atomic E-state index is 0.0612. The fraction of sp³-hybridized carbons (Fsp3) is 0.464. The van der Waals surface area contributed by atoms with Gasteiger partial charge in [0.1, 0.15) is 12.6 Å². The molecule has 0 heterocycles. The molecule has 1 saturated carbocycles. The van der Waals surface area contributed by atoms with Gasteiger partial charge in [-0.3, -0.25) is 9.59 Å². The van der Waals surface area contributed by atoms with Gasteiger partial charge < -0.3 is 20.5 Å². The molecule has 0 radical (unpaired) electrons. The molecule has 3 atom stereocenters. The second-order valence-corrected chi connectivity index (χ2v) is 9.51. The Kier molecular flexibility index (Phi) is 8.06. The van der Waals surface area contributed by atoms with Crippen molar-refractivity contribution in [2.45, 2.75) is 69.9 Å². The van der Waals surface area contributed by atoms with Crippen LogP contribution in [0.1, 0.15) is 68.9 Å². The lowest BCUT2D eigenvalue weighted by atomic mass is 9.94. The number of fused-ring (bicyclic) bond motifs is 3. The third kappa shape index (κ3) is 5.66. The van der Waals surface area contributed by atoms with E-state index in [0.717, 1.165) is 41.5 Å². The summed E-state index contributed by atoms with van der Waals surface area (Å²) in [7, 11) is 0. The zero-order chi connectivity index (χ0) is 24.8. The van der Waals surface area contributed by atoms with E-state index in [9.17, 15) is 19.5 Å². The lowest BCUT2D eigenvalue weighted by Gasteiger charge is -2.26. The summed E-state index contributed by atoms with van der Waals surface area (Å²) in [5.41, 5.74) is 4.54. The molecule has 0 saturated heterocycles. The molecule has 3 unspecified atom stereocenters. The van der Waals surface area contributed by atoms with Gasteiger partial charge in [-0.05, 0) is 41.5 Å². The Morgan fingerprint density at radius 3 is 2.23 bits per heavy atom. The zero-order valence-corrected chi connectivity index (χ0v) is 20.2. The minimum atomic E-state index is -0.881. The smallest absolute Gasteiger partial charge is 0.407 e. The molecule has 0 bridgehead atoms. The van der Waals surface area contributed by atoms with Crippen molar-refractivity contribution in [2.24, 2.45) is 5.92 Å². The highest BCUT2D eigenvalue weighted by atomic mass is 16.5. The number of nitrogens with one attached hydrogen (secondary N) is 2. The lowest BCUT2D eigenvalue weighted by molar-refractivity contribution is -0.143. The van der Waals surface area contributed by atoms with Gasteiger partial charge in [0.2, 0.25) is 5.91 Å². The van der Waals surface area contributed by atoms with E-state index >= 15 is 0 Å². The van der Waals surface area contributed by atoms with E-state index in [1.165, 1.54) is 0 Å². The third-order valence-electron chi connectivity index (χ3n) is 7.19. The van der Waals surface area contributed by atoms with Crippen LogP contribution in [0.2, 0.25) is 0 Å². The van der Waals surface area contributed by atoms with E-state index < -0.39 is 30.1 Å². The maximum atomic E-state index is 13.0. The molecule has 2 aromatic rings. The number of carboxylic acids is 1. The van der Waals surface area contributed by atoms with Gasteiger partial charge in [-0.1, -0.05) is 81.1 Å². The molecule has 7 nitrogen and oxygen atoms in total. The van der Waals surface area contributed by atoms with Crippen molar-refractivity contribution in [2.75, 3.05) is 6.61 Å². The number of amides is 2. The van der Waals surface area contributed by atoms with E-state index in [1.54, 1.807) is 0 Å². The van der Waals surface area contributed by atoms with Gasteiger partial charge in [-0.25, -0.2) is 4.79 Å². The van der Waals surface area contributed by atoms with Crippen molar-refractivity contribution >= 4 is 18.0 Å². The van der Waals surface area contributed by atoms with Gasteiger partial charge in [-0.15, -0.1) is 0 Å². The predicted octanol–water partition coefficient (Wildman–Crippen LogP) is 4.84. The highest BCUT2D eigenvalue weighted by molar-refractivity contribution is 5.86. The second-order valence-electron chi connectivity index (χ2n) is 9.51. The van der Waals surface area contributed by atoms with Crippen LogP contribution in [-0.4, -0.2) is 41.8 Å². The second kappa shape index (κ2) is 11.4. The maximum Gasteiger partial charge on any atom is 0.407 e. The normalized spacial score (nSPS) is 20.1. The summed E-state index contributed by atoms with van der Waals surface area (Å²) in [6.45, 7) is 2.11. The Morgan fingerprint density at radius 1 is 0.971 bits per heavy atom. The molecule has 2 amide bonds. The Bertz CT molecular complexity index is 1020. The van der Waals surface area contributed by atoms with Gasteiger partial charge in [0.05, 0.1) is 5.92 Å². The molecule has 7 heteroatoms. The molecule has 186 valence electrons. The van der Waals surface area contributed by atoms with Gasteiger partial charge >= 0.3 is 12.1 Å². The molecule has 2 aliphatic carbocycles. The summed E-state index contributed by atoms with van der Waals surface area (Å²) in [5, 5.41) is 15.2. The fourth-order valence-corrected chi connectivity index (χ4v) is 5.40. The number of rotatable bonds is 8. The maximum absolute atomic E-state index is 13.0. The van der Waals surface area contributed by atoms with Gasteiger partial charge in [0, 0.05) is 12.0 Å². The topological polar surface area (TPSA) is 105 Å². The van der Waals surface area contributed by atoms with E-state index in [4.69, 9.17) is 4.74 Å². The summed E-state index contributed by atoms with van der Waals surface area (Å²) in [5.74, 6) is -1.89. The van der Waals surface area contributed by atoms with Gasteiger partial charge in [0.15, 0.2) is 0 Å². The number of carbonyl (C=O) groups excluding carboxylic acids is 2. The molecule has 1 fully saturated rings. The number of hydrogen-bond acceptors (Lipinski definition) is 4. The Morgan fingerprint density at radius 2 is 1.60 bits per heavy atom. The number of benzene rings is 2. The first-order valence-electron chi connectivity index (χ1n) is 12.6. The van der Waals surface area contributed by atoms with Crippen LogP contribution >= 0.6 is 0 Å². The highest BCUT2D eigenvalue weighted by Gasteiger charge is 2.33.